The highest BCUT2D eigenvalue weighted by Gasteiger charge is 2.46. The van der Waals surface area contributed by atoms with Crippen molar-refractivity contribution in [2.45, 2.75) is 110 Å². The standard InChI is InChI=1S/C36H51NO5/c1-5-6-7-8-9-10-11-12-13-14-15-16-17-18-25-37-33(29-23-24-30(41-3)31(26-29)42-4)32(35(39)36(37)40)34(38)28-21-19-27(2)20-22-28/h19-24,26,33,38H,5-18,25H2,1-4H3/b34-32+. The SMILES string of the molecule is CCCCCCCCCCCCCCCCN1C(=O)C(=O)/C(=C(/O)c2ccc(C)cc2)C1c1ccc(OC)c(OC)c1. The van der Waals surface area contributed by atoms with E-state index in [1.165, 1.54) is 70.6 Å². The summed E-state index contributed by atoms with van der Waals surface area (Å²) in [6, 6.07) is 12.0. The molecule has 42 heavy (non-hydrogen) atoms. The quantitative estimate of drug-likeness (QED) is 0.0781. The highest BCUT2D eigenvalue weighted by Crippen LogP contribution is 2.42. The molecule has 0 radical (unpaired) electrons. The van der Waals surface area contributed by atoms with Crippen LogP contribution in [0.5, 0.6) is 11.5 Å². The first-order valence-corrected chi connectivity index (χ1v) is 16.0. The van der Waals surface area contributed by atoms with Gasteiger partial charge in [0.05, 0.1) is 25.8 Å². The normalized spacial score (nSPS) is 16.3. The van der Waals surface area contributed by atoms with E-state index in [0.717, 1.165) is 24.8 Å². The molecule has 3 rings (SSSR count). The molecule has 0 aliphatic carbocycles. The number of unbranched alkanes of at least 4 members (excludes halogenated alkanes) is 13. The van der Waals surface area contributed by atoms with Crippen molar-refractivity contribution in [3.8, 4) is 11.5 Å². The molecular weight excluding hydrogens is 526 g/mol. The molecule has 1 heterocycles. The van der Waals surface area contributed by atoms with Crippen molar-refractivity contribution in [2.24, 2.45) is 0 Å². The molecule has 0 aromatic heterocycles. The van der Waals surface area contributed by atoms with E-state index < -0.39 is 17.7 Å². The highest BCUT2D eigenvalue weighted by molar-refractivity contribution is 6.46. The Morgan fingerprint density at radius 2 is 1.26 bits per heavy atom. The molecule has 6 heteroatoms. The molecule has 1 fully saturated rings. The number of carbonyl (C=O) groups is 2. The van der Waals surface area contributed by atoms with Crippen molar-refractivity contribution >= 4 is 17.4 Å². The first kappa shape index (κ1) is 33.2. The maximum atomic E-state index is 13.3. The van der Waals surface area contributed by atoms with Crippen molar-refractivity contribution in [1.82, 2.24) is 4.90 Å². The molecule has 230 valence electrons. The number of methoxy groups -OCH3 is 2. The van der Waals surface area contributed by atoms with Gasteiger partial charge in [0.15, 0.2) is 11.5 Å². The number of hydrogen-bond acceptors (Lipinski definition) is 5. The van der Waals surface area contributed by atoms with Crippen LogP contribution in [-0.4, -0.2) is 42.5 Å². The maximum absolute atomic E-state index is 13.3. The number of likely N-dealkylation sites (tertiary alicyclic amines) is 1. The van der Waals surface area contributed by atoms with Gasteiger partial charge in [-0.3, -0.25) is 9.59 Å². The van der Waals surface area contributed by atoms with E-state index >= 15 is 0 Å². The number of hydrogen-bond donors (Lipinski definition) is 1. The minimum absolute atomic E-state index is 0.112. The van der Waals surface area contributed by atoms with Gasteiger partial charge >= 0.3 is 0 Å². The number of ether oxygens (including phenoxy) is 2. The molecule has 1 atom stereocenters. The lowest BCUT2D eigenvalue weighted by Crippen LogP contribution is -2.30. The number of aliphatic hydroxyl groups is 1. The molecule has 1 saturated heterocycles. The highest BCUT2D eigenvalue weighted by atomic mass is 16.5. The van der Waals surface area contributed by atoms with Gasteiger partial charge in [-0.25, -0.2) is 0 Å². The van der Waals surface area contributed by atoms with Gasteiger partial charge in [0.25, 0.3) is 11.7 Å². The molecule has 2 aromatic carbocycles. The molecule has 6 nitrogen and oxygen atoms in total. The first-order chi connectivity index (χ1) is 20.4. The molecule has 1 amide bonds. The average Bonchev–Trinajstić information content (AvgIpc) is 3.25. The van der Waals surface area contributed by atoms with Gasteiger partial charge in [0, 0.05) is 12.1 Å². The molecule has 2 aromatic rings. The Morgan fingerprint density at radius 1 is 0.738 bits per heavy atom. The van der Waals surface area contributed by atoms with Gasteiger partial charge in [-0.1, -0.05) is 126 Å². The Balaban J connectivity index is 1.62. The lowest BCUT2D eigenvalue weighted by atomic mass is 9.94. The molecule has 1 aliphatic heterocycles. The third-order valence-electron chi connectivity index (χ3n) is 8.34. The van der Waals surface area contributed by atoms with E-state index in [4.69, 9.17) is 9.47 Å². The predicted molar refractivity (Wildman–Crippen MR) is 170 cm³/mol. The Labute approximate surface area is 253 Å². The van der Waals surface area contributed by atoms with Crippen molar-refractivity contribution in [2.75, 3.05) is 20.8 Å². The molecule has 0 bridgehead atoms. The van der Waals surface area contributed by atoms with Gasteiger partial charge in [-0.05, 0) is 31.0 Å². The Bertz CT molecular complexity index is 1170. The van der Waals surface area contributed by atoms with Crippen LogP contribution in [0, 0.1) is 6.92 Å². The average molecular weight is 578 g/mol. The second-order valence-corrected chi connectivity index (χ2v) is 11.6. The van der Waals surface area contributed by atoms with E-state index in [-0.39, 0.29) is 11.3 Å². The van der Waals surface area contributed by atoms with Crippen LogP contribution in [-0.2, 0) is 9.59 Å². The zero-order valence-corrected chi connectivity index (χ0v) is 26.3. The molecular formula is C36H51NO5. The molecule has 0 spiro atoms. The molecule has 1 unspecified atom stereocenters. The van der Waals surface area contributed by atoms with Crippen LogP contribution in [0.3, 0.4) is 0 Å². The summed E-state index contributed by atoms with van der Waals surface area (Å²) in [6.45, 7) is 4.67. The van der Waals surface area contributed by atoms with Gasteiger partial charge < -0.3 is 19.5 Å². The van der Waals surface area contributed by atoms with E-state index in [2.05, 4.69) is 6.92 Å². The Kier molecular flexibility index (Phi) is 13.9. The molecule has 1 aliphatic rings. The number of aryl methyl sites for hydroxylation is 1. The topological polar surface area (TPSA) is 76.1 Å². The number of nitrogens with zero attached hydrogens (tertiary/aromatic N) is 1. The van der Waals surface area contributed by atoms with Gasteiger partial charge in [0.1, 0.15) is 5.76 Å². The fourth-order valence-corrected chi connectivity index (χ4v) is 5.82. The maximum Gasteiger partial charge on any atom is 0.295 e. The minimum Gasteiger partial charge on any atom is -0.507 e. The Morgan fingerprint density at radius 3 is 1.79 bits per heavy atom. The van der Waals surface area contributed by atoms with Gasteiger partial charge in [-0.2, -0.15) is 0 Å². The third-order valence-corrected chi connectivity index (χ3v) is 8.34. The number of Topliss-reactive ketones (excluding diaryl/α,β-unsaturated/α-hetero) is 1. The Hall–Kier alpha value is -3.28. The minimum atomic E-state index is -0.701. The van der Waals surface area contributed by atoms with Crippen molar-refractivity contribution in [3.05, 3.63) is 64.7 Å². The summed E-state index contributed by atoms with van der Waals surface area (Å²) in [7, 11) is 3.12. The predicted octanol–water partition coefficient (Wildman–Crippen LogP) is 8.92. The summed E-state index contributed by atoms with van der Waals surface area (Å²) in [5, 5.41) is 11.3. The zero-order valence-electron chi connectivity index (χ0n) is 26.3. The second kappa shape index (κ2) is 17.6. The number of ketones is 1. The molecule has 0 saturated carbocycles. The summed E-state index contributed by atoms with van der Waals surface area (Å²) in [6.07, 6.45) is 17.5. The molecule has 1 N–H and O–H groups in total. The van der Waals surface area contributed by atoms with E-state index in [1.54, 1.807) is 43.4 Å². The summed E-state index contributed by atoms with van der Waals surface area (Å²) < 4.78 is 10.9. The number of amides is 1. The number of rotatable bonds is 19. The lowest BCUT2D eigenvalue weighted by molar-refractivity contribution is -0.139. The number of carbonyl (C=O) groups excluding carboxylic acids is 2. The lowest BCUT2D eigenvalue weighted by Gasteiger charge is -2.26. The van der Waals surface area contributed by atoms with Crippen LogP contribution in [0.1, 0.15) is 120 Å². The fraction of sp³-hybridized carbons (Fsp3) is 0.556. The summed E-state index contributed by atoms with van der Waals surface area (Å²) in [5.41, 5.74) is 2.37. The summed E-state index contributed by atoms with van der Waals surface area (Å²) in [5.74, 6) is -0.316. The summed E-state index contributed by atoms with van der Waals surface area (Å²) >= 11 is 0. The van der Waals surface area contributed by atoms with Gasteiger partial charge in [-0.15, -0.1) is 0 Å². The number of aliphatic hydroxyl groups excluding tert-OH is 1. The van der Waals surface area contributed by atoms with Crippen LogP contribution in [0.15, 0.2) is 48.0 Å². The largest absolute Gasteiger partial charge is 0.507 e. The monoisotopic (exact) mass is 577 g/mol. The van der Waals surface area contributed by atoms with Crippen LogP contribution < -0.4 is 9.47 Å². The van der Waals surface area contributed by atoms with E-state index in [0.29, 0.717) is 29.2 Å². The summed E-state index contributed by atoms with van der Waals surface area (Å²) in [4.78, 5) is 28.3. The first-order valence-electron chi connectivity index (χ1n) is 16.0. The number of benzene rings is 2. The van der Waals surface area contributed by atoms with Crippen molar-refractivity contribution < 1.29 is 24.2 Å². The third kappa shape index (κ3) is 9.11. The van der Waals surface area contributed by atoms with Crippen LogP contribution >= 0.6 is 0 Å². The van der Waals surface area contributed by atoms with Crippen molar-refractivity contribution in [1.29, 1.82) is 0 Å². The van der Waals surface area contributed by atoms with Crippen LogP contribution in [0.25, 0.3) is 5.76 Å². The zero-order chi connectivity index (χ0) is 30.3. The van der Waals surface area contributed by atoms with Gasteiger partial charge in [0.2, 0.25) is 0 Å². The van der Waals surface area contributed by atoms with Crippen LogP contribution in [0.2, 0.25) is 0 Å². The van der Waals surface area contributed by atoms with E-state index in [1.807, 2.05) is 25.1 Å². The van der Waals surface area contributed by atoms with Crippen LogP contribution in [0.4, 0.5) is 0 Å². The second-order valence-electron chi connectivity index (χ2n) is 11.6. The van der Waals surface area contributed by atoms with Crippen molar-refractivity contribution in [3.63, 3.8) is 0 Å². The fourth-order valence-electron chi connectivity index (χ4n) is 5.82. The van der Waals surface area contributed by atoms with E-state index in [9.17, 15) is 14.7 Å². The smallest absolute Gasteiger partial charge is 0.295 e.